The third-order valence-corrected chi connectivity index (χ3v) is 4.29. The lowest BCUT2D eigenvalue weighted by atomic mass is 9.95. The summed E-state index contributed by atoms with van der Waals surface area (Å²) in [4.78, 5) is 12.2. The maximum absolute atomic E-state index is 12.2. The van der Waals surface area contributed by atoms with Crippen LogP contribution in [0.15, 0.2) is 54.6 Å². The number of anilines is 1. The van der Waals surface area contributed by atoms with Gasteiger partial charge in [-0.2, -0.15) is 0 Å². The number of benzene rings is 2. The van der Waals surface area contributed by atoms with Crippen molar-refractivity contribution in [3.8, 4) is 11.5 Å². The highest BCUT2D eigenvalue weighted by atomic mass is 16.5. The van der Waals surface area contributed by atoms with Crippen molar-refractivity contribution in [2.45, 2.75) is 38.1 Å². The fraction of sp³-hybridized carbons (Fsp3) is 0.350. The number of rotatable bonds is 6. The Labute approximate surface area is 143 Å². The Balaban J connectivity index is 1.57. The number of carbonyl (C=O) groups excluding carboxylic acids is 1. The third-order valence-electron chi connectivity index (χ3n) is 4.29. The average molecular weight is 324 g/mol. The fourth-order valence-corrected chi connectivity index (χ4v) is 3.01. The van der Waals surface area contributed by atoms with Crippen molar-refractivity contribution < 1.29 is 9.53 Å². The molecule has 1 aliphatic carbocycles. The van der Waals surface area contributed by atoms with Gasteiger partial charge in [0.25, 0.3) is 0 Å². The summed E-state index contributed by atoms with van der Waals surface area (Å²) in [5.41, 5.74) is 0.691. The second-order valence-electron chi connectivity index (χ2n) is 6.18. The van der Waals surface area contributed by atoms with Crippen LogP contribution in [-0.4, -0.2) is 18.5 Å². The lowest BCUT2D eigenvalue weighted by molar-refractivity contribution is -0.115. The third kappa shape index (κ3) is 4.83. The normalized spacial score (nSPS) is 15.0. The Morgan fingerprint density at radius 1 is 0.958 bits per heavy atom. The van der Waals surface area contributed by atoms with E-state index >= 15 is 0 Å². The summed E-state index contributed by atoms with van der Waals surface area (Å²) < 4.78 is 5.87. The predicted octanol–water partition coefficient (Wildman–Crippen LogP) is 4.34. The molecule has 2 aromatic carbocycles. The summed E-state index contributed by atoms with van der Waals surface area (Å²) in [6.07, 6.45) is 6.16. The van der Waals surface area contributed by atoms with Gasteiger partial charge in [-0.25, -0.2) is 0 Å². The number of hydrogen-bond acceptors (Lipinski definition) is 3. The van der Waals surface area contributed by atoms with Crippen molar-refractivity contribution in [2.24, 2.45) is 0 Å². The zero-order valence-corrected chi connectivity index (χ0v) is 13.8. The summed E-state index contributed by atoms with van der Waals surface area (Å²) in [7, 11) is 0. The van der Waals surface area contributed by atoms with Crippen molar-refractivity contribution in [2.75, 3.05) is 11.9 Å². The van der Waals surface area contributed by atoms with Crippen LogP contribution in [0.25, 0.3) is 0 Å². The Hall–Kier alpha value is -2.33. The first-order chi connectivity index (χ1) is 11.8. The Bertz CT molecular complexity index is 652. The molecule has 0 aliphatic heterocycles. The first-order valence-electron chi connectivity index (χ1n) is 8.66. The number of carbonyl (C=O) groups is 1. The highest BCUT2D eigenvalue weighted by molar-refractivity contribution is 5.93. The van der Waals surface area contributed by atoms with Gasteiger partial charge in [0, 0.05) is 6.04 Å². The van der Waals surface area contributed by atoms with Gasteiger partial charge in [0.1, 0.15) is 5.75 Å². The Kier molecular flexibility index (Phi) is 5.85. The predicted molar refractivity (Wildman–Crippen MR) is 96.5 cm³/mol. The maximum Gasteiger partial charge on any atom is 0.238 e. The molecule has 126 valence electrons. The van der Waals surface area contributed by atoms with Gasteiger partial charge in [0.2, 0.25) is 5.91 Å². The van der Waals surface area contributed by atoms with Gasteiger partial charge in [-0.3, -0.25) is 4.79 Å². The molecule has 0 bridgehead atoms. The SMILES string of the molecule is O=C(CNC1CCCCC1)Nc1ccccc1Oc1ccccc1. The van der Waals surface area contributed by atoms with Crippen LogP contribution in [-0.2, 0) is 4.79 Å². The van der Waals surface area contributed by atoms with E-state index in [2.05, 4.69) is 10.6 Å². The van der Waals surface area contributed by atoms with Crippen LogP contribution in [0.5, 0.6) is 11.5 Å². The van der Waals surface area contributed by atoms with Crippen LogP contribution in [0.1, 0.15) is 32.1 Å². The molecule has 2 N–H and O–H groups in total. The van der Waals surface area contributed by atoms with Crippen LogP contribution in [0, 0.1) is 0 Å². The molecule has 0 saturated heterocycles. The Morgan fingerprint density at radius 3 is 2.46 bits per heavy atom. The molecule has 0 radical (unpaired) electrons. The van der Waals surface area contributed by atoms with E-state index in [0.717, 1.165) is 5.75 Å². The van der Waals surface area contributed by atoms with E-state index in [4.69, 9.17) is 4.74 Å². The Morgan fingerprint density at radius 2 is 1.67 bits per heavy atom. The minimum Gasteiger partial charge on any atom is -0.455 e. The second kappa shape index (κ2) is 8.50. The summed E-state index contributed by atoms with van der Waals surface area (Å²) in [6, 6.07) is 17.5. The summed E-state index contributed by atoms with van der Waals surface area (Å²) in [5.74, 6) is 1.36. The van der Waals surface area contributed by atoms with Crippen molar-refractivity contribution in [1.82, 2.24) is 5.32 Å². The minimum atomic E-state index is -0.0373. The summed E-state index contributed by atoms with van der Waals surface area (Å²) >= 11 is 0. The topological polar surface area (TPSA) is 50.4 Å². The number of amides is 1. The molecular weight excluding hydrogens is 300 g/mol. The lowest BCUT2D eigenvalue weighted by Gasteiger charge is -2.22. The van der Waals surface area contributed by atoms with Gasteiger partial charge in [0.15, 0.2) is 5.75 Å². The summed E-state index contributed by atoms with van der Waals surface area (Å²) in [6.45, 7) is 0.338. The van der Waals surface area contributed by atoms with E-state index in [0.29, 0.717) is 24.0 Å². The van der Waals surface area contributed by atoms with Gasteiger partial charge < -0.3 is 15.4 Å². The van der Waals surface area contributed by atoms with Gasteiger partial charge in [-0.15, -0.1) is 0 Å². The zero-order valence-electron chi connectivity index (χ0n) is 13.8. The molecule has 1 fully saturated rings. The van der Waals surface area contributed by atoms with Crippen LogP contribution >= 0.6 is 0 Å². The molecule has 1 aliphatic rings. The maximum atomic E-state index is 12.2. The van der Waals surface area contributed by atoms with Crippen LogP contribution < -0.4 is 15.4 Å². The average Bonchev–Trinajstić information content (AvgIpc) is 2.63. The van der Waals surface area contributed by atoms with Crippen molar-refractivity contribution in [3.63, 3.8) is 0 Å². The molecule has 0 aromatic heterocycles. The minimum absolute atomic E-state index is 0.0373. The number of ether oxygens (including phenoxy) is 1. The molecule has 1 saturated carbocycles. The number of nitrogens with one attached hydrogen (secondary N) is 2. The van der Waals surface area contributed by atoms with Gasteiger partial charge >= 0.3 is 0 Å². The first-order valence-corrected chi connectivity index (χ1v) is 8.66. The summed E-state index contributed by atoms with van der Waals surface area (Å²) in [5, 5.41) is 6.30. The van der Waals surface area contributed by atoms with E-state index in [1.54, 1.807) is 0 Å². The van der Waals surface area contributed by atoms with Gasteiger partial charge in [0.05, 0.1) is 12.2 Å². The molecule has 0 unspecified atom stereocenters. The molecule has 0 atom stereocenters. The molecule has 2 aromatic rings. The molecule has 4 nitrogen and oxygen atoms in total. The fourth-order valence-electron chi connectivity index (χ4n) is 3.01. The van der Waals surface area contributed by atoms with Crippen molar-refractivity contribution in [1.29, 1.82) is 0 Å². The van der Waals surface area contributed by atoms with Gasteiger partial charge in [-0.05, 0) is 37.1 Å². The van der Waals surface area contributed by atoms with Gasteiger partial charge in [-0.1, -0.05) is 49.6 Å². The monoisotopic (exact) mass is 324 g/mol. The van der Waals surface area contributed by atoms with E-state index in [1.807, 2.05) is 54.6 Å². The van der Waals surface area contributed by atoms with E-state index in [-0.39, 0.29) is 5.91 Å². The molecule has 1 amide bonds. The van der Waals surface area contributed by atoms with E-state index in [1.165, 1.54) is 32.1 Å². The molecule has 0 spiro atoms. The molecule has 0 heterocycles. The van der Waals surface area contributed by atoms with Crippen LogP contribution in [0.3, 0.4) is 0 Å². The van der Waals surface area contributed by atoms with Crippen molar-refractivity contribution >= 4 is 11.6 Å². The zero-order chi connectivity index (χ0) is 16.6. The molecular formula is C20H24N2O2. The van der Waals surface area contributed by atoms with Crippen LogP contribution in [0.2, 0.25) is 0 Å². The molecule has 24 heavy (non-hydrogen) atoms. The van der Waals surface area contributed by atoms with E-state index in [9.17, 15) is 4.79 Å². The highest BCUT2D eigenvalue weighted by Gasteiger charge is 2.14. The standard InChI is InChI=1S/C20H24N2O2/c23-20(15-21-16-9-3-1-4-10-16)22-18-13-7-8-14-19(18)24-17-11-5-2-6-12-17/h2,5-8,11-14,16,21H,1,3-4,9-10,15H2,(H,22,23). The van der Waals surface area contributed by atoms with Crippen molar-refractivity contribution in [3.05, 3.63) is 54.6 Å². The smallest absolute Gasteiger partial charge is 0.238 e. The highest BCUT2D eigenvalue weighted by Crippen LogP contribution is 2.29. The van der Waals surface area contributed by atoms with Crippen LogP contribution in [0.4, 0.5) is 5.69 Å². The number of hydrogen-bond donors (Lipinski definition) is 2. The second-order valence-corrected chi connectivity index (χ2v) is 6.18. The molecule has 3 rings (SSSR count). The first kappa shape index (κ1) is 16.5. The van der Waals surface area contributed by atoms with E-state index < -0.39 is 0 Å². The number of para-hydroxylation sites is 3. The quantitative estimate of drug-likeness (QED) is 0.831. The lowest BCUT2D eigenvalue weighted by Crippen LogP contribution is -2.37. The molecule has 4 heteroatoms. The largest absolute Gasteiger partial charge is 0.455 e.